The second-order valence-corrected chi connectivity index (χ2v) is 6.67. The van der Waals surface area contributed by atoms with Gasteiger partial charge in [-0.25, -0.2) is 0 Å². The minimum absolute atomic E-state index is 0.106. The first-order chi connectivity index (χ1) is 8.54. The summed E-state index contributed by atoms with van der Waals surface area (Å²) in [6.45, 7) is 8.73. The van der Waals surface area contributed by atoms with Gasteiger partial charge in [0.15, 0.2) is 0 Å². The SMILES string of the molecule is C=C1CCC2=C(C1)CC1CC(C)CC2(N)/C1=C/C. The van der Waals surface area contributed by atoms with Crippen LogP contribution < -0.4 is 5.73 Å². The van der Waals surface area contributed by atoms with Gasteiger partial charge in [-0.15, -0.1) is 0 Å². The smallest absolute Gasteiger partial charge is 0.0592 e. The van der Waals surface area contributed by atoms with Crippen molar-refractivity contribution in [3.63, 3.8) is 0 Å². The van der Waals surface area contributed by atoms with Gasteiger partial charge in [0, 0.05) is 0 Å². The molecule has 2 N–H and O–H groups in total. The van der Waals surface area contributed by atoms with E-state index in [9.17, 15) is 0 Å². The summed E-state index contributed by atoms with van der Waals surface area (Å²) < 4.78 is 0. The lowest BCUT2D eigenvalue weighted by Gasteiger charge is -2.51. The number of hydrogen-bond donors (Lipinski definition) is 1. The molecular weight excluding hydrogens is 218 g/mol. The highest BCUT2D eigenvalue weighted by Crippen LogP contribution is 2.53. The maximum Gasteiger partial charge on any atom is 0.0592 e. The van der Waals surface area contributed by atoms with Crippen LogP contribution in [0.3, 0.4) is 0 Å². The third-order valence-electron chi connectivity index (χ3n) is 5.27. The summed E-state index contributed by atoms with van der Waals surface area (Å²) in [4.78, 5) is 0. The van der Waals surface area contributed by atoms with Crippen LogP contribution in [0.1, 0.15) is 52.4 Å². The zero-order valence-corrected chi connectivity index (χ0v) is 11.8. The van der Waals surface area contributed by atoms with E-state index < -0.39 is 0 Å². The van der Waals surface area contributed by atoms with E-state index in [0.29, 0.717) is 5.92 Å². The molecule has 0 aromatic heterocycles. The van der Waals surface area contributed by atoms with Gasteiger partial charge in [0.2, 0.25) is 0 Å². The Morgan fingerprint density at radius 1 is 1.39 bits per heavy atom. The molecule has 98 valence electrons. The van der Waals surface area contributed by atoms with Crippen molar-refractivity contribution in [2.24, 2.45) is 17.6 Å². The lowest BCUT2D eigenvalue weighted by atomic mass is 9.56. The molecule has 3 aliphatic carbocycles. The molecule has 0 aromatic rings. The topological polar surface area (TPSA) is 26.0 Å². The second kappa shape index (κ2) is 4.09. The van der Waals surface area contributed by atoms with Crippen LogP contribution in [-0.4, -0.2) is 5.54 Å². The molecule has 3 rings (SSSR count). The number of allylic oxidation sites excluding steroid dienone is 3. The highest BCUT2D eigenvalue weighted by molar-refractivity contribution is 5.48. The van der Waals surface area contributed by atoms with Crippen LogP contribution in [-0.2, 0) is 0 Å². The van der Waals surface area contributed by atoms with Gasteiger partial charge in [0.05, 0.1) is 5.54 Å². The molecule has 0 radical (unpaired) electrons. The van der Waals surface area contributed by atoms with Crippen LogP contribution in [0.4, 0.5) is 0 Å². The third-order valence-corrected chi connectivity index (χ3v) is 5.27. The summed E-state index contributed by atoms with van der Waals surface area (Å²) in [5, 5.41) is 0. The van der Waals surface area contributed by atoms with Crippen LogP contribution in [0.5, 0.6) is 0 Å². The van der Waals surface area contributed by atoms with Gasteiger partial charge >= 0.3 is 0 Å². The summed E-state index contributed by atoms with van der Waals surface area (Å²) in [7, 11) is 0. The first kappa shape index (κ1) is 12.2. The quantitative estimate of drug-likeness (QED) is 0.636. The van der Waals surface area contributed by atoms with Crippen molar-refractivity contribution in [2.75, 3.05) is 0 Å². The molecule has 0 aromatic carbocycles. The molecule has 0 heterocycles. The van der Waals surface area contributed by atoms with E-state index in [-0.39, 0.29) is 5.54 Å². The zero-order valence-electron chi connectivity index (χ0n) is 11.8. The molecule has 0 spiro atoms. The molecule has 1 saturated carbocycles. The highest BCUT2D eigenvalue weighted by Gasteiger charge is 2.47. The van der Waals surface area contributed by atoms with Gasteiger partial charge < -0.3 is 5.73 Å². The average molecular weight is 243 g/mol. The van der Waals surface area contributed by atoms with E-state index in [0.717, 1.165) is 31.6 Å². The van der Waals surface area contributed by atoms with Crippen LogP contribution in [0.2, 0.25) is 0 Å². The summed E-state index contributed by atoms with van der Waals surface area (Å²) >= 11 is 0. The Morgan fingerprint density at radius 3 is 2.89 bits per heavy atom. The Morgan fingerprint density at radius 2 is 2.17 bits per heavy atom. The minimum atomic E-state index is -0.106. The third kappa shape index (κ3) is 1.64. The van der Waals surface area contributed by atoms with Gasteiger partial charge in [-0.3, -0.25) is 0 Å². The lowest BCUT2D eigenvalue weighted by molar-refractivity contribution is 0.249. The fourth-order valence-electron chi connectivity index (χ4n) is 4.72. The van der Waals surface area contributed by atoms with E-state index in [1.807, 2.05) is 0 Å². The van der Waals surface area contributed by atoms with Crippen molar-refractivity contribution in [2.45, 2.75) is 57.9 Å². The Labute approximate surface area is 111 Å². The van der Waals surface area contributed by atoms with Crippen molar-refractivity contribution < 1.29 is 0 Å². The second-order valence-electron chi connectivity index (χ2n) is 6.67. The highest BCUT2D eigenvalue weighted by atomic mass is 14.8. The van der Waals surface area contributed by atoms with Gasteiger partial charge in [-0.05, 0) is 68.4 Å². The molecule has 2 bridgehead atoms. The zero-order chi connectivity index (χ0) is 12.9. The summed E-state index contributed by atoms with van der Waals surface area (Å²) in [6.07, 6.45) is 9.45. The number of fused-ring (bicyclic) bond motifs is 3. The molecule has 0 aliphatic heterocycles. The fraction of sp³-hybridized carbons (Fsp3) is 0.647. The first-order valence-electron chi connectivity index (χ1n) is 7.38. The molecule has 0 saturated heterocycles. The predicted octanol–water partition coefficient (Wildman–Crippen LogP) is 4.12. The van der Waals surface area contributed by atoms with Crippen molar-refractivity contribution in [1.29, 1.82) is 0 Å². The van der Waals surface area contributed by atoms with Crippen molar-refractivity contribution in [3.8, 4) is 0 Å². The molecule has 3 aliphatic rings. The van der Waals surface area contributed by atoms with Crippen molar-refractivity contribution in [1.82, 2.24) is 0 Å². The van der Waals surface area contributed by atoms with Crippen molar-refractivity contribution in [3.05, 3.63) is 34.9 Å². The largest absolute Gasteiger partial charge is 0.318 e. The Bertz CT molecular complexity index is 454. The van der Waals surface area contributed by atoms with Gasteiger partial charge in [0.1, 0.15) is 0 Å². The molecule has 18 heavy (non-hydrogen) atoms. The fourth-order valence-corrected chi connectivity index (χ4v) is 4.72. The van der Waals surface area contributed by atoms with E-state index in [1.54, 1.807) is 11.1 Å². The maximum atomic E-state index is 6.89. The summed E-state index contributed by atoms with van der Waals surface area (Å²) in [5.41, 5.74) is 12.9. The lowest BCUT2D eigenvalue weighted by Crippen LogP contribution is -2.53. The molecule has 0 amide bonds. The number of nitrogens with two attached hydrogens (primary N) is 1. The molecule has 1 nitrogen and oxygen atoms in total. The van der Waals surface area contributed by atoms with E-state index in [1.165, 1.54) is 24.0 Å². The Kier molecular flexibility index (Phi) is 2.78. The molecule has 3 unspecified atom stereocenters. The molecular formula is C17H25N. The van der Waals surface area contributed by atoms with E-state index >= 15 is 0 Å². The normalized spacial score (nSPS) is 42.2. The number of rotatable bonds is 0. The van der Waals surface area contributed by atoms with Crippen molar-refractivity contribution >= 4 is 0 Å². The summed E-state index contributed by atoms with van der Waals surface area (Å²) in [5.74, 6) is 1.47. The maximum absolute atomic E-state index is 6.89. The van der Waals surface area contributed by atoms with Gasteiger partial charge in [0.25, 0.3) is 0 Å². The predicted molar refractivity (Wildman–Crippen MR) is 77.2 cm³/mol. The van der Waals surface area contributed by atoms with E-state index in [2.05, 4.69) is 26.5 Å². The van der Waals surface area contributed by atoms with Gasteiger partial charge in [-0.1, -0.05) is 30.7 Å². The average Bonchev–Trinajstić information content (AvgIpc) is 2.26. The first-order valence-corrected chi connectivity index (χ1v) is 7.38. The minimum Gasteiger partial charge on any atom is -0.318 e. The monoisotopic (exact) mass is 243 g/mol. The van der Waals surface area contributed by atoms with Crippen LogP contribution in [0.25, 0.3) is 0 Å². The number of hydrogen-bond acceptors (Lipinski definition) is 1. The Hall–Kier alpha value is -0.820. The van der Waals surface area contributed by atoms with Crippen LogP contribution >= 0.6 is 0 Å². The summed E-state index contributed by atoms with van der Waals surface area (Å²) in [6, 6.07) is 0. The van der Waals surface area contributed by atoms with Gasteiger partial charge in [-0.2, -0.15) is 0 Å². The van der Waals surface area contributed by atoms with Crippen LogP contribution in [0, 0.1) is 11.8 Å². The standard InChI is InChI=1S/C17H25N/c1-4-15-13-8-12(3)10-17(15,18)16-6-5-11(2)7-14(16)9-13/h4,12-13H,2,5-10,18H2,1,3H3/b15-4+. The Balaban J connectivity index is 2.10. The van der Waals surface area contributed by atoms with E-state index in [4.69, 9.17) is 5.73 Å². The molecule has 3 atom stereocenters. The van der Waals surface area contributed by atoms with Crippen LogP contribution in [0.15, 0.2) is 34.9 Å². The molecule has 1 heteroatoms. The molecule has 1 fully saturated rings.